The minimum atomic E-state index is -0.0429. The van der Waals surface area contributed by atoms with Gasteiger partial charge in [0.05, 0.1) is 23.8 Å². The number of nitrogens with zero attached hydrogens (tertiary/aromatic N) is 3. The van der Waals surface area contributed by atoms with Crippen molar-refractivity contribution in [1.82, 2.24) is 4.90 Å². The van der Waals surface area contributed by atoms with Gasteiger partial charge < -0.3 is 14.7 Å². The van der Waals surface area contributed by atoms with Gasteiger partial charge in [-0.3, -0.25) is 0 Å². The summed E-state index contributed by atoms with van der Waals surface area (Å²) in [6, 6.07) is 13.7. The first kappa shape index (κ1) is 59.8. The molecule has 0 bridgehead atoms. The van der Waals surface area contributed by atoms with Crippen molar-refractivity contribution in [2.45, 2.75) is 223 Å². The van der Waals surface area contributed by atoms with Crippen molar-refractivity contribution >= 4 is 49.7 Å². The summed E-state index contributed by atoms with van der Waals surface area (Å²) >= 11 is 2.10. The monoisotopic (exact) mass is 1150 g/mol. The SMILES string of the molecule is C=CC1=C(/C=C/N2CC3=C(/C=C(\C)N(C4C=CC=CC4)C4C=CC5=C(C4)C(C)CCC5C)N(C4CC=C(C(C)(C)C)C=C4C4=CC=CCC4)c4ccc(C(C)(C)C)cc4B3c3sc4cc5c(cc4c32)C(C)(C)CCC5(C)C)C(C)(C)CCC1(C)C. The van der Waals surface area contributed by atoms with Crippen molar-refractivity contribution in [3.05, 3.63) is 201 Å². The van der Waals surface area contributed by atoms with E-state index in [-0.39, 0.29) is 57.3 Å². The zero-order valence-electron chi connectivity index (χ0n) is 55.5. The first-order valence-corrected chi connectivity index (χ1v) is 34.0. The van der Waals surface area contributed by atoms with Crippen LogP contribution >= 0.6 is 11.3 Å². The molecule has 0 amide bonds. The highest BCUT2D eigenvalue weighted by atomic mass is 32.1. The molecular weight excluding hydrogens is 1050 g/mol. The number of hydrogen-bond acceptors (Lipinski definition) is 4. The molecule has 0 spiro atoms. The molecule has 5 unspecified atom stereocenters. The van der Waals surface area contributed by atoms with Gasteiger partial charge >= 0.3 is 0 Å². The van der Waals surface area contributed by atoms with Crippen LogP contribution in [0.1, 0.15) is 205 Å². The predicted octanol–water partition coefficient (Wildman–Crippen LogP) is 20.2. The van der Waals surface area contributed by atoms with E-state index in [1.165, 1.54) is 113 Å². The number of thiophene rings is 1. The fraction of sp³-hybridized carbons (Fsp3) is 0.500. The highest BCUT2D eigenvalue weighted by molar-refractivity contribution is 7.32. The Morgan fingerprint density at radius 1 is 0.776 bits per heavy atom. The molecule has 1 aromatic heterocycles. The number of hydrogen-bond donors (Lipinski definition) is 0. The third-order valence-electron chi connectivity index (χ3n) is 22.4. The van der Waals surface area contributed by atoms with E-state index in [0.717, 1.165) is 51.5 Å². The predicted molar refractivity (Wildman–Crippen MR) is 372 cm³/mol. The van der Waals surface area contributed by atoms with E-state index >= 15 is 0 Å². The number of rotatable bonds is 9. The molecule has 0 saturated heterocycles. The first-order chi connectivity index (χ1) is 40.1. The van der Waals surface area contributed by atoms with Crippen molar-refractivity contribution < 1.29 is 0 Å². The summed E-state index contributed by atoms with van der Waals surface area (Å²) in [5, 5.41) is 1.42. The lowest BCUT2D eigenvalue weighted by Crippen LogP contribution is -2.58. The zero-order chi connectivity index (χ0) is 60.5. The zero-order valence-corrected chi connectivity index (χ0v) is 56.3. The van der Waals surface area contributed by atoms with E-state index in [1.54, 1.807) is 16.7 Å². The Bertz CT molecular complexity index is 3630. The van der Waals surface area contributed by atoms with Crippen molar-refractivity contribution in [2.24, 2.45) is 28.1 Å². The Kier molecular flexibility index (Phi) is 15.2. The van der Waals surface area contributed by atoms with E-state index in [4.69, 9.17) is 0 Å². The molecule has 2 aliphatic heterocycles. The Hall–Kier alpha value is -5.52. The van der Waals surface area contributed by atoms with E-state index in [1.807, 2.05) is 0 Å². The van der Waals surface area contributed by atoms with Crippen molar-refractivity contribution in [3.8, 4) is 0 Å². The van der Waals surface area contributed by atoms with Crippen molar-refractivity contribution in [1.29, 1.82) is 0 Å². The van der Waals surface area contributed by atoms with Gasteiger partial charge in [0.2, 0.25) is 0 Å². The van der Waals surface area contributed by atoms with Crippen molar-refractivity contribution in [3.63, 3.8) is 0 Å². The minimum Gasteiger partial charge on any atom is -0.361 e. The largest absolute Gasteiger partial charge is 0.361 e. The summed E-state index contributed by atoms with van der Waals surface area (Å²) in [5.41, 5.74) is 23.7. The summed E-state index contributed by atoms with van der Waals surface area (Å²) in [5.74, 6) is 1.22. The summed E-state index contributed by atoms with van der Waals surface area (Å²) in [6.07, 6.45) is 49.4. The number of benzene rings is 2. The Morgan fingerprint density at radius 2 is 1.48 bits per heavy atom. The van der Waals surface area contributed by atoms with Gasteiger partial charge in [0.15, 0.2) is 0 Å². The van der Waals surface area contributed by atoms with Crippen LogP contribution in [0.5, 0.6) is 0 Å². The van der Waals surface area contributed by atoms with Gasteiger partial charge in [0.1, 0.15) is 0 Å². The Balaban J connectivity index is 1.17. The number of allylic oxidation sites excluding steroid dienone is 15. The molecule has 5 atom stereocenters. The molecule has 12 rings (SSSR count). The normalized spacial score (nSPS) is 26.9. The molecule has 3 nitrogen and oxygen atoms in total. The highest BCUT2D eigenvalue weighted by Gasteiger charge is 2.48. The molecule has 7 aliphatic carbocycles. The maximum Gasteiger partial charge on any atom is 0.259 e. The molecular formula is C80H102BN3S. The van der Waals surface area contributed by atoms with Crippen LogP contribution in [-0.4, -0.2) is 36.3 Å². The average molecular weight is 1150 g/mol. The molecule has 0 saturated carbocycles. The van der Waals surface area contributed by atoms with Crippen LogP contribution in [0.25, 0.3) is 10.1 Å². The molecule has 0 N–H and O–H groups in total. The summed E-state index contributed by atoms with van der Waals surface area (Å²) in [7, 11) is 0. The maximum atomic E-state index is 4.52. The van der Waals surface area contributed by atoms with Crippen LogP contribution < -0.4 is 20.0 Å². The molecule has 0 radical (unpaired) electrons. The summed E-state index contributed by atoms with van der Waals surface area (Å²) < 4.78 is 2.91. The van der Waals surface area contributed by atoms with Crippen molar-refractivity contribution in [2.75, 3.05) is 16.3 Å². The number of anilines is 2. The fourth-order valence-electron chi connectivity index (χ4n) is 16.7. The van der Waals surface area contributed by atoms with E-state index < -0.39 is 0 Å². The molecule has 9 aliphatic rings. The van der Waals surface area contributed by atoms with Gasteiger partial charge in [-0.25, -0.2) is 0 Å². The molecule has 3 aromatic rings. The number of fused-ring (bicyclic) bond motifs is 8. The third-order valence-corrected chi connectivity index (χ3v) is 23.6. The van der Waals surface area contributed by atoms with Crippen LogP contribution in [0.3, 0.4) is 0 Å². The molecule has 3 heterocycles. The lowest BCUT2D eigenvalue weighted by molar-refractivity contribution is 0.235. The highest BCUT2D eigenvalue weighted by Crippen LogP contribution is 2.53. The van der Waals surface area contributed by atoms with Gasteiger partial charge in [0.25, 0.3) is 6.71 Å². The Labute approximate surface area is 519 Å². The van der Waals surface area contributed by atoms with Gasteiger partial charge in [-0.15, -0.1) is 11.3 Å². The molecule has 0 fully saturated rings. The minimum absolute atomic E-state index is 0.00643. The summed E-state index contributed by atoms with van der Waals surface area (Å²) in [6.45, 7) is 47.1. The lowest BCUT2D eigenvalue weighted by atomic mass is 9.35. The van der Waals surface area contributed by atoms with Gasteiger partial charge in [-0.2, -0.15) is 0 Å². The smallest absolute Gasteiger partial charge is 0.259 e. The molecule has 85 heavy (non-hydrogen) atoms. The molecule has 446 valence electrons. The van der Waals surface area contributed by atoms with Gasteiger partial charge in [0, 0.05) is 44.7 Å². The second-order valence-electron chi connectivity index (χ2n) is 32.2. The van der Waals surface area contributed by atoms with Crippen LogP contribution in [-0.2, 0) is 16.2 Å². The van der Waals surface area contributed by atoms with Crippen LogP contribution in [0.2, 0.25) is 0 Å². The lowest BCUT2D eigenvalue weighted by Gasteiger charge is -2.48. The Morgan fingerprint density at radius 3 is 2.15 bits per heavy atom. The van der Waals surface area contributed by atoms with Crippen LogP contribution in [0.4, 0.5) is 11.4 Å². The molecule has 5 heteroatoms. The standard InChI is InChI=1S/C80H102BN3S/c1-19-63-64(78(13,14)40-39-77(63,11)12)38-43-82-50-68-71(44-53(4)83(57-28-24-21-25-29-57)58-34-35-59-51(2)30-31-52(3)60(59)47-58)84(69-36-32-55(75(5,6)7)45-61(69)54-26-22-20-23-27-54)70-37-33-56(76(8,9)10)46-67(70)81(68)74-73(82)62-48-65-66(49-72(62)85-74)80(17,18)42-41-79(65,15)16/h19-22,24-26,28,32-35,37-38,43-46,48-49,51-52,57-58,69H,1,23,27,29-31,36,39-42,47,50H2,2-18H3/b43-38+,53-44+. The average Bonchev–Trinajstić information content (AvgIpc) is 1.71. The molecule has 2 aromatic carbocycles. The topological polar surface area (TPSA) is 9.72 Å². The first-order valence-electron chi connectivity index (χ1n) is 33.2. The van der Waals surface area contributed by atoms with E-state index in [9.17, 15) is 0 Å². The van der Waals surface area contributed by atoms with E-state index in [0.29, 0.717) is 11.8 Å². The maximum absolute atomic E-state index is 4.52. The van der Waals surface area contributed by atoms with Crippen LogP contribution in [0.15, 0.2) is 184 Å². The second-order valence-corrected chi connectivity index (χ2v) is 33.3. The fourth-order valence-corrected chi connectivity index (χ4v) is 18.1. The third kappa shape index (κ3) is 10.7. The van der Waals surface area contributed by atoms with Gasteiger partial charge in [-0.05, 0) is 213 Å². The van der Waals surface area contributed by atoms with Crippen LogP contribution in [0, 0.1) is 28.1 Å². The summed E-state index contributed by atoms with van der Waals surface area (Å²) in [4.78, 5) is 8.51. The quantitative estimate of drug-likeness (QED) is 0.198. The second kappa shape index (κ2) is 21.7. The van der Waals surface area contributed by atoms with E-state index in [2.05, 4.69) is 272 Å². The van der Waals surface area contributed by atoms with Gasteiger partial charge in [-0.1, -0.05) is 208 Å².